The van der Waals surface area contributed by atoms with E-state index in [1.807, 2.05) is 44.2 Å². The third kappa shape index (κ3) is 5.67. The molecule has 0 aliphatic carbocycles. The molecule has 0 spiro atoms. The van der Waals surface area contributed by atoms with Crippen molar-refractivity contribution in [3.05, 3.63) is 95.1 Å². The van der Waals surface area contributed by atoms with Gasteiger partial charge in [0.2, 0.25) is 0 Å². The zero-order valence-electron chi connectivity index (χ0n) is 22.0. The predicted octanol–water partition coefficient (Wildman–Crippen LogP) is 5.55. The molecule has 1 N–H and O–H groups in total. The van der Waals surface area contributed by atoms with E-state index in [0.717, 1.165) is 12.0 Å². The molecule has 0 radical (unpaired) electrons. The molecule has 3 aromatic carbocycles. The van der Waals surface area contributed by atoms with Crippen molar-refractivity contribution in [3.8, 4) is 17.2 Å². The first kappa shape index (κ1) is 26.8. The standard InChI is InChI=1S/C31H33NO6/c1-4-18-38-24-13-9-12-23(19-24)29(33)27-28(22-14-15-25(37-5-2)26(20-22)36-3)32(31(35)30(27)34)17-16-21-10-7-6-8-11-21/h6-15,19-20,28,33H,4-5,16-18H2,1-3H3/b29-27+. The number of hydrogen-bond donors (Lipinski definition) is 1. The first-order chi connectivity index (χ1) is 18.5. The molecule has 4 rings (SSSR count). The van der Waals surface area contributed by atoms with Gasteiger partial charge in [-0.15, -0.1) is 0 Å². The fraction of sp³-hybridized carbons (Fsp3) is 0.290. The number of carbonyl (C=O) groups excluding carboxylic acids is 2. The molecule has 3 aromatic rings. The van der Waals surface area contributed by atoms with Crippen molar-refractivity contribution in [1.82, 2.24) is 4.90 Å². The van der Waals surface area contributed by atoms with Crippen molar-refractivity contribution in [3.63, 3.8) is 0 Å². The predicted molar refractivity (Wildman–Crippen MR) is 146 cm³/mol. The molecule has 0 bridgehead atoms. The Hall–Kier alpha value is -4.26. The summed E-state index contributed by atoms with van der Waals surface area (Å²) in [6, 6.07) is 21.2. The van der Waals surface area contributed by atoms with Crippen LogP contribution in [-0.4, -0.2) is 48.6 Å². The fourth-order valence-electron chi connectivity index (χ4n) is 4.59. The highest BCUT2D eigenvalue weighted by Crippen LogP contribution is 2.42. The van der Waals surface area contributed by atoms with E-state index < -0.39 is 17.7 Å². The van der Waals surface area contributed by atoms with Crippen molar-refractivity contribution < 1.29 is 28.9 Å². The highest BCUT2D eigenvalue weighted by molar-refractivity contribution is 6.46. The topological polar surface area (TPSA) is 85.3 Å². The molecular formula is C31H33NO6. The summed E-state index contributed by atoms with van der Waals surface area (Å²) < 4.78 is 16.9. The van der Waals surface area contributed by atoms with Crippen LogP contribution in [0.1, 0.15) is 43.0 Å². The monoisotopic (exact) mass is 515 g/mol. The Morgan fingerprint density at radius 1 is 0.921 bits per heavy atom. The molecule has 7 heteroatoms. The summed E-state index contributed by atoms with van der Waals surface area (Å²) in [6.45, 7) is 5.17. The summed E-state index contributed by atoms with van der Waals surface area (Å²) in [7, 11) is 1.54. The maximum Gasteiger partial charge on any atom is 0.295 e. The highest BCUT2D eigenvalue weighted by Gasteiger charge is 2.46. The molecule has 1 amide bonds. The second-order valence-corrected chi connectivity index (χ2v) is 8.95. The normalized spacial score (nSPS) is 16.5. The Balaban J connectivity index is 1.80. The second kappa shape index (κ2) is 12.3. The van der Waals surface area contributed by atoms with Gasteiger partial charge in [0.25, 0.3) is 11.7 Å². The van der Waals surface area contributed by atoms with Gasteiger partial charge >= 0.3 is 0 Å². The molecule has 1 atom stereocenters. The Morgan fingerprint density at radius 2 is 1.71 bits per heavy atom. The van der Waals surface area contributed by atoms with Gasteiger partial charge in [-0.1, -0.05) is 55.5 Å². The third-order valence-corrected chi connectivity index (χ3v) is 6.41. The van der Waals surface area contributed by atoms with Gasteiger partial charge in [0.15, 0.2) is 11.5 Å². The smallest absolute Gasteiger partial charge is 0.295 e. The number of likely N-dealkylation sites (tertiary alicyclic amines) is 1. The number of aliphatic hydroxyl groups excluding tert-OH is 1. The largest absolute Gasteiger partial charge is 0.507 e. The van der Waals surface area contributed by atoms with Crippen LogP contribution in [0, 0.1) is 0 Å². The average Bonchev–Trinajstić information content (AvgIpc) is 3.20. The Morgan fingerprint density at radius 3 is 2.42 bits per heavy atom. The molecule has 1 unspecified atom stereocenters. The number of aliphatic hydroxyl groups is 1. The number of amides is 1. The van der Waals surface area contributed by atoms with E-state index in [1.54, 1.807) is 42.5 Å². The second-order valence-electron chi connectivity index (χ2n) is 8.95. The van der Waals surface area contributed by atoms with E-state index in [9.17, 15) is 14.7 Å². The van der Waals surface area contributed by atoms with E-state index in [2.05, 4.69) is 0 Å². The molecule has 1 aliphatic heterocycles. The maximum atomic E-state index is 13.4. The highest BCUT2D eigenvalue weighted by atomic mass is 16.5. The minimum absolute atomic E-state index is 0.0296. The molecule has 38 heavy (non-hydrogen) atoms. The van der Waals surface area contributed by atoms with Crippen LogP contribution in [0.15, 0.2) is 78.4 Å². The van der Waals surface area contributed by atoms with Gasteiger partial charge in [0.05, 0.1) is 31.9 Å². The van der Waals surface area contributed by atoms with Crippen molar-refractivity contribution in [1.29, 1.82) is 0 Å². The summed E-state index contributed by atoms with van der Waals surface area (Å²) in [5.41, 5.74) is 2.11. The van der Waals surface area contributed by atoms with Gasteiger partial charge in [0.1, 0.15) is 11.5 Å². The minimum atomic E-state index is -0.802. The van der Waals surface area contributed by atoms with Gasteiger partial charge in [-0.2, -0.15) is 0 Å². The van der Waals surface area contributed by atoms with Crippen molar-refractivity contribution in [2.75, 3.05) is 26.9 Å². The lowest BCUT2D eigenvalue weighted by Crippen LogP contribution is -2.31. The van der Waals surface area contributed by atoms with Crippen molar-refractivity contribution >= 4 is 17.4 Å². The number of benzene rings is 3. The number of hydrogen-bond acceptors (Lipinski definition) is 6. The van der Waals surface area contributed by atoms with Crippen LogP contribution in [0.25, 0.3) is 5.76 Å². The quantitative estimate of drug-likeness (QED) is 0.205. The van der Waals surface area contributed by atoms with Crippen LogP contribution >= 0.6 is 0 Å². The van der Waals surface area contributed by atoms with Crippen LogP contribution in [-0.2, 0) is 16.0 Å². The lowest BCUT2D eigenvalue weighted by Gasteiger charge is -2.26. The van der Waals surface area contributed by atoms with E-state index in [-0.39, 0.29) is 11.3 Å². The van der Waals surface area contributed by atoms with Crippen LogP contribution in [0.3, 0.4) is 0 Å². The lowest BCUT2D eigenvalue weighted by atomic mass is 9.94. The van der Waals surface area contributed by atoms with E-state index >= 15 is 0 Å². The van der Waals surface area contributed by atoms with Gasteiger partial charge in [-0.3, -0.25) is 9.59 Å². The molecule has 1 heterocycles. The number of carbonyl (C=O) groups is 2. The van der Waals surface area contributed by atoms with Gasteiger partial charge in [-0.25, -0.2) is 0 Å². The molecule has 0 saturated carbocycles. The molecule has 7 nitrogen and oxygen atoms in total. The molecule has 0 aromatic heterocycles. The summed E-state index contributed by atoms with van der Waals surface area (Å²) in [5.74, 6) is -0.0143. The van der Waals surface area contributed by atoms with Crippen molar-refractivity contribution in [2.24, 2.45) is 0 Å². The maximum absolute atomic E-state index is 13.4. The van der Waals surface area contributed by atoms with Gasteiger partial charge < -0.3 is 24.2 Å². The van der Waals surface area contributed by atoms with Crippen LogP contribution in [0.4, 0.5) is 0 Å². The summed E-state index contributed by atoms with van der Waals surface area (Å²) in [4.78, 5) is 28.3. The SMILES string of the molecule is CCCOc1cccc(/C(O)=C2\C(=O)C(=O)N(CCc3ccccc3)C2c2ccc(OCC)c(OC)c2)c1. The molecule has 198 valence electrons. The lowest BCUT2D eigenvalue weighted by molar-refractivity contribution is -0.139. The summed E-state index contributed by atoms with van der Waals surface area (Å²) in [5, 5.41) is 11.4. The summed E-state index contributed by atoms with van der Waals surface area (Å²) >= 11 is 0. The van der Waals surface area contributed by atoms with Crippen LogP contribution < -0.4 is 14.2 Å². The number of ketones is 1. The van der Waals surface area contributed by atoms with E-state index in [1.165, 1.54) is 12.0 Å². The van der Waals surface area contributed by atoms with E-state index in [0.29, 0.717) is 54.6 Å². The number of rotatable bonds is 11. The summed E-state index contributed by atoms with van der Waals surface area (Å²) in [6.07, 6.45) is 1.39. The zero-order valence-corrected chi connectivity index (χ0v) is 22.0. The average molecular weight is 516 g/mol. The number of ether oxygens (including phenoxy) is 3. The number of methoxy groups -OCH3 is 1. The Bertz CT molecular complexity index is 1320. The molecule has 1 aliphatic rings. The fourth-order valence-corrected chi connectivity index (χ4v) is 4.59. The Kier molecular flexibility index (Phi) is 8.69. The first-order valence-corrected chi connectivity index (χ1v) is 12.8. The van der Waals surface area contributed by atoms with Crippen molar-refractivity contribution in [2.45, 2.75) is 32.7 Å². The molecular weight excluding hydrogens is 482 g/mol. The number of nitrogens with zero attached hydrogens (tertiary/aromatic N) is 1. The third-order valence-electron chi connectivity index (χ3n) is 6.41. The van der Waals surface area contributed by atoms with Gasteiger partial charge in [-0.05, 0) is 55.2 Å². The van der Waals surface area contributed by atoms with Crippen LogP contribution in [0.5, 0.6) is 17.2 Å². The zero-order chi connectivity index (χ0) is 27.1. The number of Topliss-reactive ketones (excluding diaryl/α,β-unsaturated/α-hetero) is 1. The first-order valence-electron chi connectivity index (χ1n) is 12.8. The molecule has 1 saturated heterocycles. The van der Waals surface area contributed by atoms with E-state index in [4.69, 9.17) is 14.2 Å². The van der Waals surface area contributed by atoms with Crippen LogP contribution in [0.2, 0.25) is 0 Å². The molecule has 1 fully saturated rings. The van der Waals surface area contributed by atoms with Gasteiger partial charge in [0, 0.05) is 12.1 Å². The Labute approximate surface area is 223 Å². The minimum Gasteiger partial charge on any atom is -0.507 e.